The van der Waals surface area contributed by atoms with Crippen molar-refractivity contribution in [3.05, 3.63) is 0 Å². The smallest absolute Gasteiger partial charge is 0.410 e. The van der Waals surface area contributed by atoms with Crippen molar-refractivity contribution in [2.45, 2.75) is 45.3 Å². The molecule has 1 spiro atoms. The lowest BCUT2D eigenvalue weighted by molar-refractivity contribution is -0.141. The van der Waals surface area contributed by atoms with E-state index in [2.05, 4.69) is 11.2 Å². The Balaban J connectivity index is 2.07. The number of piperidine rings is 1. The van der Waals surface area contributed by atoms with E-state index in [-0.39, 0.29) is 17.9 Å². The molecule has 0 aromatic heterocycles. The summed E-state index contributed by atoms with van der Waals surface area (Å²) in [6.45, 7) is 6.93. The van der Waals surface area contributed by atoms with Crippen molar-refractivity contribution in [2.75, 3.05) is 19.6 Å². The van der Waals surface area contributed by atoms with E-state index in [1.807, 2.05) is 20.8 Å². The molecule has 2 rings (SSSR count). The van der Waals surface area contributed by atoms with Crippen molar-refractivity contribution in [3.63, 3.8) is 0 Å². The molecule has 2 fully saturated rings. The summed E-state index contributed by atoms with van der Waals surface area (Å²) in [5, 5.41) is 3.20. The van der Waals surface area contributed by atoms with Crippen molar-refractivity contribution in [1.29, 1.82) is 0 Å². The quantitative estimate of drug-likeness (QED) is 0.732. The van der Waals surface area contributed by atoms with Crippen LogP contribution in [-0.2, 0) is 9.53 Å². The zero-order valence-electron chi connectivity index (χ0n) is 12.4. The van der Waals surface area contributed by atoms with Crippen molar-refractivity contribution >= 4 is 11.9 Å². The lowest BCUT2D eigenvalue weighted by Crippen LogP contribution is -2.72. The van der Waals surface area contributed by atoms with Crippen LogP contribution in [0.2, 0.25) is 0 Å². The second-order valence-corrected chi connectivity index (χ2v) is 6.57. The maximum atomic E-state index is 12.2. The number of nitrogens with zero attached hydrogens (tertiary/aromatic N) is 1. The number of carbonyl (C=O) groups excluding carboxylic acids is 2. The predicted molar refractivity (Wildman–Crippen MR) is 75.1 cm³/mol. The molecule has 0 bridgehead atoms. The first-order chi connectivity index (χ1) is 9.28. The van der Waals surface area contributed by atoms with Crippen LogP contribution in [0.4, 0.5) is 4.79 Å². The van der Waals surface area contributed by atoms with Gasteiger partial charge in [-0.25, -0.2) is 4.79 Å². The Morgan fingerprint density at radius 2 is 2.30 bits per heavy atom. The van der Waals surface area contributed by atoms with E-state index < -0.39 is 11.0 Å². The molecule has 5 nitrogen and oxygen atoms in total. The Morgan fingerprint density at radius 3 is 2.80 bits per heavy atom. The van der Waals surface area contributed by atoms with Crippen LogP contribution < -0.4 is 5.32 Å². The number of hydrogen-bond acceptors (Lipinski definition) is 4. The summed E-state index contributed by atoms with van der Waals surface area (Å²) in [6, 6.07) is -0.0229. The van der Waals surface area contributed by atoms with Crippen LogP contribution in [0.25, 0.3) is 0 Å². The van der Waals surface area contributed by atoms with Gasteiger partial charge in [-0.3, -0.25) is 4.79 Å². The second kappa shape index (κ2) is 5.10. The highest BCUT2D eigenvalue weighted by Gasteiger charge is 2.55. The fourth-order valence-electron chi connectivity index (χ4n) is 2.81. The number of likely N-dealkylation sites (tertiary alicyclic amines) is 1. The van der Waals surface area contributed by atoms with E-state index in [9.17, 15) is 9.59 Å². The fourth-order valence-corrected chi connectivity index (χ4v) is 2.81. The third-order valence-corrected chi connectivity index (χ3v) is 3.94. The Kier molecular flexibility index (Phi) is 3.79. The minimum Gasteiger partial charge on any atom is -0.444 e. The van der Waals surface area contributed by atoms with Crippen LogP contribution in [-0.4, -0.2) is 48.1 Å². The van der Waals surface area contributed by atoms with E-state index in [0.717, 1.165) is 0 Å². The summed E-state index contributed by atoms with van der Waals surface area (Å²) in [5.41, 5.74) is -1.04. The molecule has 20 heavy (non-hydrogen) atoms. The Morgan fingerprint density at radius 1 is 1.60 bits per heavy atom. The van der Waals surface area contributed by atoms with E-state index in [1.54, 1.807) is 4.90 Å². The molecular weight excluding hydrogens is 256 g/mol. The van der Waals surface area contributed by atoms with Gasteiger partial charge in [-0.05, 0) is 20.8 Å². The predicted octanol–water partition coefficient (Wildman–Crippen LogP) is 1.18. The standard InChI is InChI=1S/C15H22N2O3/c1-5-6-11-15(9-16-11)10-17(8-7-12(15)18)13(19)20-14(2,3)4/h1,11,16H,6-10H2,2-4H3. The normalized spacial score (nSPS) is 29.8. The maximum absolute atomic E-state index is 12.2. The van der Waals surface area contributed by atoms with Crippen molar-refractivity contribution in [1.82, 2.24) is 10.2 Å². The molecule has 2 heterocycles. The third-order valence-electron chi connectivity index (χ3n) is 3.94. The number of rotatable bonds is 1. The molecule has 0 radical (unpaired) electrons. The van der Waals surface area contributed by atoms with Crippen LogP contribution >= 0.6 is 0 Å². The van der Waals surface area contributed by atoms with Gasteiger partial charge in [0.05, 0.1) is 5.41 Å². The van der Waals surface area contributed by atoms with Gasteiger partial charge in [0.25, 0.3) is 0 Å². The molecule has 1 N–H and O–H groups in total. The molecule has 2 atom stereocenters. The Labute approximate surface area is 120 Å². The molecule has 110 valence electrons. The number of ketones is 1. The summed E-state index contributed by atoms with van der Waals surface area (Å²) >= 11 is 0. The van der Waals surface area contributed by atoms with Gasteiger partial charge in [0.1, 0.15) is 11.4 Å². The van der Waals surface area contributed by atoms with E-state index in [4.69, 9.17) is 11.2 Å². The van der Waals surface area contributed by atoms with E-state index >= 15 is 0 Å². The molecule has 1 amide bonds. The summed E-state index contributed by atoms with van der Waals surface area (Å²) in [4.78, 5) is 26.0. The molecule has 2 saturated heterocycles. The molecule has 2 unspecified atom stereocenters. The van der Waals surface area contributed by atoms with Crippen LogP contribution in [0.15, 0.2) is 0 Å². The lowest BCUT2D eigenvalue weighted by Gasteiger charge is -2.53. The lowest BCUT2D eigenvalue weighted by atomic mass is 9.66. The summed E-state index contributed by atoms with van der Waals surface area (Å²) in [6.07, 6.45) is 5.88. The molecule has 0 aromatic rings. The van der Waals surface area contributed by atoms with Crippen LogP contribution in [0.1, 0.15) is 33.6 Å². The minimum atomic E-state index is -0.526. The third kappa shape index (κ3) is 2.66. The van der Waals surface area contributed by atoms with Crippen LogP contribution in [0.5, 0.6) is 0 Å². The number of hydrogen-bond donors (Lipinski definition) is 1. The topological polar surface area (TPSA) is 58.6 Å². The SMILES string of the molecule is C#CCC1NCC12CN(C(=O)OC(C)(C)C)CCC2=O. The Hall–Kier alpha value is -1.54. The fraction of sp³-hybridized carbons (Fsp3) is 0.733. The highest BCUT2D eigenvalue weighted by atomic mass is 16.6. The van der Waals surface area contributed by atoms with Crippen LogP contribution in [0, 0.1) is 17.8 Å². The maximum Gasteiger partial charge on any atom is 0.410 e. The van der Waals surface area contributed by atoms with Gasteiger partial charge in [0, 0.05) is 38.5 Å². The van der Waals surface area contributed by atoms with Gasteiger partial charge in [-0.1, -0.05) is 0 Å². The zero-order chi connectivity index (χ0) is 15.0. The largest absolute Gasteiger partial charge is 0.444 e. The first-order valence-electron chi connectivity index (χ1n) is 6.96. The number of terminal acetylenes is 1. The van der Waals surface area contributed by atoms with Gasteiger partial charge in [-0.2, -0.15) is 0 Å². The molecule has 2 aliphatic rings. The number of nitrogens with one attached hydrogen (secondary N) is 1. The number of Topliss-reactive ketones (excluding diaryl/α,β-unsaturated/α-hetero) is 1. The molecule has 2 aliphatic heterocycles. The summed E-state index contributed by atoms with van der Waals surface area (Å²) in [7, 11) is 0. The molecule has 0 aromatic carbocycles. The van der Waals surface area contributed by atoms with Crippen molar-refractivity contribution in [3.8, 4) is 12.3 Å². The first kappa shape index (κ1) is 14.9. The number of ether oxygens (including phenoxy) is 1. The molecular formula is C15H22N2O3. The average Bonchev–Trinajstić information content (AvgIpc) is 2.33. The number of carbonyl (C=O) groups is 2. The molecule has 0 saturated carbocycles. The highest BCUT2D eigenvalue weighted by Crippen LogP contribution is 2.38. The van der Waals surface area contributed by atoms with Gasteiger partial charge in [0.15, 0.2) is 0 Å². The second-order valence-electron chi connectivity index (χ2n) is 6.57. The van der Waals surface area contributed by atoms with Crippen molar-refractivity contribution < 1.29 is 14.3 Å². The molecule has 5 heteroatoms. The van der Waals surface area contributed by atoms with Gasteiger partial charge in [-0.15, -0.1) is 12.3 Å². The van der Waals surface area contributed by atoms with E-state index in [0.29, 0.717) is 32.5 Å². The van der Waals surface area contributed by atoms with E-state index in [1.165, 1.54) is 0 Å². The van der Waals surface area contributed by atoms with Gasteiger partial charge in [0.2, 0.25) is 0 Å². The van der Waals surface area contributed by atoms with Crippen LogP contribution in [0.3, 0.4) is 0 Å². The summed E-state index contributed by atoms with van der Waals surface area (Å²) in [5.74, 6) is 2.80. The van der Waals surface area contributed by atoms with Gasteiger partial charge < -0.3 is 15.0 Å². The highest BCUT2D eigenvalue weighted by molar-refractivity contribution is 5.89. The average molecular weight is 278 g/mol. The number of amides is 1. The monoisotopic (exact) mass is 278 g/mol. The zero-order valence-corrected chi connectivity index (χ0v) is 12.4. The van der Waals surface area contributed by atoms with Gasteiger partial charge >= 0.3 is 6.09 Å². The first-order valence-corrected chi connectivity index (χ1v) is 6.96. The Bertz CT molecular complexity index is 461. The summed E-state index contributed by atoms with van der Waals surface area (Å²) < 4.78 is 5.38. The minimum absolute atomic E-state index is 0.0229. The molecule has 0 aliphatic carbocycles. The van der Waals surface area contributed by atoms with Crippen molar-refractivity contribution in [2.24, 2.45) is 5.41 Å².